The molecule has 3 N–H and O–H groups in total. The van der Waals surface area contributed by atoms with Gasteiger partial charge in [0.2, 0.25) is 11.8 Å². The molecule has 0 radical (unpaired) electrons. The van der Waals surface area contributed by atoms with Crippen LogP contribution < -0.4 is 16.2 Å². The van der Waals surface area contributed by atoms with E-state index in [0.717, 1.165) is 0 Å². The minimum atomic E-state index is -0.535. The van der Waals surface area contributed by atoms with Crippen LogP contribution in [0.15, 0.2) is 23.1 Å². The van der Waals surface area contributed by atoms with Crippen LogP contribution in [0.3, 0.4) is 0 Å². The number of carbonyl (C=O) groups excluding carboxylic acids is 2. The number of nitrogens with one attached hydrogen (secondary N) is 3. The van der Waals surface area contributed by atoms with E-state index in [9.17, 15) is 14.4 Å². The fourth-order valence-corrected chi connectivity index (χ4v) is 1.55. The van der Waals surface area contributed by atoms with E-state index in [1.165, 1.54) is 12.3 Å². The van der Waals surface area contributed by atoms with Crippen molar-refractivity contribution in [3.05, 3.63) is 28.7 Å². The molecule has 1 unspecified atom stereocenters. The molecule has 16 heavy (non-hydrogen) atoms. The third kappa shape index (κ3) is 2.10. The molecule has 0 spiro atoms. The summed E-state index contributed by atoms with van der Waals surface area (Å²) in [7, 11) is 0. The van der Waals surface area contributed by atoms with Crippen molar-refractivity contribution >= 4 is 17.5 Å². The monoisotopic (exact) mass is 221 g/mol. The lowest BCUT2D eigenvalue weighted by Gasteiger charge is -2.09. The molecule has 1 aliphatic heterocycles. The zero-order valence-electron chi connectivity index (χ0n) is 8.45. The largest absolute Gasteiger partial charge is 0.344 e. The summed E-state index contributed by atoms with van der Waals surface area (Å²) < 4.78 is 0. The standard InChI is InChI=1S/C10H11N3O3/c14-8-4-3-7(12-8)10(16)13-6-2-1-5-11-9(6)15/h1-2,5,7H,3-4H2,(H,11,15)(H,12,14)(H,13,16). The van der Waals surface area contributed by atoms with Gasteiger partial charge in [-0.25, -0.2) is 0 Å². The zero-order valence-corrected chi connectivity index (χ0v) is 8.45. The summed E-state index contributed by atoms with van der Waals surface area (Å²) in [5, 5.41) is 5.01. The quantitative estimate of drug-likeness (QED) is 0.634. The summed E-state index contributed by atoms with van der Waals surface area (Å²) in [6.07, 6.45) is 2.30. The highest BCUT2D eigenvalue weighted by Gasteiger charge is 2.27. The first kappa shape index (κ1) is 10.4. The Labute approximate surface area is 91.1 Å². The molecular weight excluding hydrogens is 210 g/mol. The molecule has 2 heterocycles. The van der Waals surface area contributed by atoms with Crippen molar-refractivity contribution in [2.45, 2.75) is 18.9 Å². The number of amides is 2. The van der Waals surface area contributed by atoms with Crippen molar-refractivity contribution in [3.63, 3.8) is 0 Å². The summed E-state index contributed by atoms with van der Waals surface area (Å²) in [5.74, 6) is -0.496. The number of rotatable bonds is 2. The van der Waals surface area contributed by atoms with Gasteiger partial charge in [-0.05, 0) is 18.6 Å². The fourth-order valence-electron chi connectivity index (χ4n) is 1.55. The molecule has 0 saturated carbocycles. The molecule has 0 aliphatic carbocycles. The number of aromatic amines is 1. The van der Waals surface area contributed by atoms with Crippen LogP contribution in [0.2, 0.25) is 0 Å². The number of aromatic nitrogens is 1. The third-order valence-electron chi connectivity index (χ3n) is 2.39. The number of hydrogen-bond donors (Lipinski definition) is 3. The zero-order chi connectivity index (χ0) is 11.5. The molecular formula is C10H11N3O3. The van der Waals surface area contributed by atoms with Crippen LogP contribution in [0, 0.1) is 0 Å². The van der Waals surface area contributed by atoms with Crippen LogP contribution in [-0.4, -0.2) is 22.8 Å². The van der Waals surface area contributed by atoms with Gasteiger partial charge in [0.1, 0.15) is 11.7 Å². The number of pyridine rings is 1. The van der Waals surface area contributed by atoms with E-state index in [-0.39, 0.29) is 23.1 Å². The van der Waals surface area contributed by atoms with Crippen LogP contribution in [0.1, 0.15) is 12.8 Å². The first-order chi connectivity index (χ1) is 7.66. The normalized spacial score (nSPS) is 19.2. The summed E-state index contributed by atoms with van der Waals surface area (Å²) in [4.78, 5) is 36.3. The van der Waals surface area contributed by atoms with Gasteiger partial charge in [-0.3, -0.25) is 14.4 Å². The molecule has 1 fully saturated rings. The highest BCUT2D eigenvalue weighted by molar-refractivity contribution is 5.98. The predicted octanol–water partition coefficient (Wildman–Crippen LogP) is -0.408. The topological polar surface area (TPSA) is 91.1 Å². The van der Waals surface area contributed by atoms with Gasteiger partial charge in [-0.2, -0.15) is 0 Å². The van der Waals surface area contributed by atoms with Crippen LogP contribution in [0.4, 0.5) is 5.69 Å². The van der Waals surface area contributed by atoms with E-state index in [0.29, 0.717) is 12.8 Å². The van der Waals surface area contributed by atoms with Gasteiger partial charge < -0.3 is 15.6 Å². The Morgan fingerprint density at radius 3 is 2.88 bits per heavy atom. The lowest BCUT2D eigenvalue weighted by atomic mass is 10.2. The smallest absolute Gasteiger partial charge is 0.271 e. The second kappa shape index (κ2) is 4.18. The van der Waals surface area contributed by atoms with Gasteiger partial charge in [-0.1, -0.05) is 0 Å². The van der Waals surface area contributed by atoms with Crippen LogP contribution in [-0.2, 0) is 9.59 Å². The van der Waals surface area contributed by atoms with E-state index in [1.54, 1.807) is 6.07 Å². The summed E-state index contributed by atoms with van der Waals surface area (Å²) in [6, 6.07) is 2.59. The lowest BCUT2D eigenvalue weighted by Crippen LogP contribution is -2.38. The predicted molar refractivity (Wildman–Crippen MR) is 56.9 cm³/mol. The molecule has 6 heteroatoms. The second-order valence-electron chi connectivity index (χ2n) is 3.56. The Balaban J connectivity index is 2.05. The van der Waals surface area contributed by atoms with E-state index in [2.05, 4.69) is 15.6 Å². The van der Waals surface area contributed by atoms with Crippen molar-refractivity contribution in [2.24, 2.45) is 0 Å². The Morgan fingerprint density at radius 2 is 2.25 bits per heavy atom. The average molecular weight is 221 g/mol. The van der Waals surface area contributed by atoms with E-state index >= 15 is 0 Å². The third-order valence-corrected chi connectivity index (χ3v) is 2.39. The maximum Gasteiger partial charge on any atom is 0.271 e. The van der Waals surface area contributed by atoms with Gasteiger partial charge in [0.05, 0.1) is 0 Å². The molecule has 84 valence electrons. The van der Waals surface area contributed by atoms with Crippen molar-refractivity contribution < 1.29 is 9.59 Å². The summed E-state index contributed by atoms with van der Waals surface area (Å²) >= 11 is 0. The van der Waals surface area contributed by atoms with Crippen LogP contribution in [0.25, 0.3) is 0 Å². The van der Waals surface area contributed by atoms with E-state index in [4.69, 9.17) is 0 Å². The SMILES string of the molecule is O=C1CCC(C(=O)Nc2ccc[nH]c2=O)N1. The molecule has 0 bridgehead atoms. The Bertz CT molecular complexity index is 480. The maximum atomic E-state index is 11.6. The molecule has 2 rings (SSSR count). The van der Waals surface area contributed by atoms with E-state index < -0.39 is 6.04 Å². The van der Waals surface area contributed by atoms with Crippen molar-refractivity contribution in [1.82, 2.24) is 10.3 Å². The Morgan fingerprint density at radius 1 is 1.44 bits per heavy atom. The molecule has 1 aromatic rings. The molecule has 1 aliphatic rings. The maximum absolute atomic E-state index is 11.6. The first-order valence-corrected chi connectivity index (χ1v) is 4.95. The van der Waals surface area contributed by atoms with E-state index in [1.807, 2.05) is 0 Å². The van der Waals surface area contributed by atoms with Crippen molar-refractivity contribution in [1.29, 1.82) is 0 Å². The van der Waals surface area contributed by atoms with Gasteiger partial charge in [0, 0.05) is 12.6 Å². The van der Waals surface area contributed by atoms with Gasteiger partial charge in [-0.15, -0.1) is 0 Å². The fraction of sp³-hybridized carbons (Fsp3) is 0.300. The minimum absolute atomic E-state index is 0.137. The molecule has 1 aromatic heterocycles. The average Bonchev–Trinajstić information content (AvgIpc) is 2.68. The Kier molecular flexibility index (Phi) is 2.72. The van der Waals surface area contributed by atoms with Crippen molar-refractivity contribution in [3.8, 4) is 0 Å². The second-order valence-corrected chi connectivity index (χ2v) is 3.56. The number of hydrogen-bond acceptors (Lipinski definition) is 3. The molecule has 6 nitrogen and oxygen atoms in total. The van der Waals surface area contributed by atoms with Gasteiger partial charge in [0.25, 0.3) is 5.56 Å². The van der Waals surface area contributed by atoms with Gasteiger partial charge >= 0.3 is 0 Å². The van der Waals surface area contributed by atoms with Crippen molar-refractivity contribution in [2.75, 3.05) is 5.32 Å². The van der Waals surface area contributed by atoms with Crippen LogP contribution in [0.5, 0.6) is 0 Å². The van der Waals surface area contributed by atoms with Crippen LogP contribution >= 0.6 is 0 Å². The molecule has 0 aromatic carbocycles. The summed E-state index contributed by atoms with van der Waals surface area (Å²) in [6.45, 7) is 0. The Hall–Kier alpha value is -2.11. The number of anilines is 1. The number of carbonyl (C=O) groups is 2. The molecule has 1 saturated heterocycles. The number of H-pyrrole nitrogens is 1. The minimum Gasteiger partial charge on any atom is -0.344 e. The molecule has 2 amide bonds. The summed E-state index contributed by atoms with van der Waals surface area (Å²) in [5.41, 5.74) is -0.172. The van der Waals surface area contributed by atoms with Gasteiger partial charge in [0.15, 0.2) is 0 Å². The lowest BCUT2D eigenvalue weighted by molar-refractivity contribution is -0.122. The first-order valence-electron chi connectivity index (χ1n) is 4.95. The highest BCUT2D eigenvalue weighted by Crippen LogP contribution is 2.08. The highest BCUT2D eigenvalue weighted by atomic mass is 16.2. The molecule has 1 atom stereocenters.